The van der Waals surface area contributed by atoms with E-state index in [0.29, 0.717) is 5.92 Å². The lowest BCUT2D eigenvalue weighted by Gasteiger charge is -2.04. The average molecular weight is 223 g/mol. The van der Waals surface area contributed by atoms with Gasteiger partial charge in [0.05, 0.1) is 5.92 Å². The van der Waals surface area contributed by atoms with E-state index < -0.39 is 0 Å². The summed E-state index contributed by atoms with van der Waals surface area (Å²) in [6.07, 6.45) is 4.45. The van der Waals surface area contributed by atoms with Crippen LogP contribution in [0.2, 0.25) is 0 Å². The summed E-state index contributed by atoms with van der Waals surface area (Å²) in [6, 6.07) is 0. The maximum absolute atomic E-state index is 11.9. The Morgan fingerprint density at radius 2 is 2.00 bits per heavy atom. The van der Waals surface area contributed by atoms with Gasteiger partial charge in [-0.1, -0.05) is 38.8 Å². The molecule has 2 nitrogen and oxygen atoms in total. The number of allylic oxidation sites excluding steroid dienone is 2. The van der Waals surface area contributed by atoms with Crippen molar-refractivity contribution in [1.29, 1.82) is 0 Å². The zero-order chi connectivity index (χ0) is 12.3. The van der Waals surface area contributed by atoms with Gasteiger partial charge < -0.3 is 5.32 Å². The Bertz CT molecular complexity index is 287. The van der Waals surface area contributed by atoms with E-state index in [1.807, 2.05) is 0 Å². The maximum Gasteiger partial charge on any atom is 0.224 e. The lowest BCUT2D eigenvalue weighted by atomic mass is 10.1. The summed E-state index contributed by atoms with van der Waals surface area (Å²) in [5, 5.41) is 3.04. The van der Waals surface area contributed by atoms with E-state index >= 15 is 0 Å². The first-order chi connectivity index (χ1) is 7.41. The number of carbonyl (C=O) groups is 1. The van der Waals surface area contributed by atoms with Crippen molar-refractivity contribution < 1.29 is 4.79 Å². The number of hydrogen-bond acceptors (Lipinski definition) is 1. The maximum atomic E-state index is 11.9. The zero-order valence-corrected chi connectivity index (χ0v) is 11.3. The van der Waals surface area contributed by atoms with Gasteiger partial charge in [0.15, 0.2) is 0 Å². The first-order valence-electron chi connectivity index (χ1n) is 6.34. The molecule has 1 amide bonds. The van der Waals surface area contributed by atoms with E-state index in [2.05, 4.69) is 46.0 Å². The van der Waals surface area contributed by atoms with Crippen LogP contribution in [0, 0.1) is 17.3 Å². The second-order valence-corrected chi connectivity index (χ2v) is 5.71. The molecule has 2 heteroatoms. The minimum atomic E-state index is 0.146. The normalized spacial score (nSPS) is 26.1. The van der Waals surface area contributed by atoms with E-state index in [0.717, 1.165) is 19.4 Å². The van der Waals surface area contributed by atoms with Crippen molar-refractivity contribution in [1.82, 2.24) is 5.32 Å². The topological polar surface area (TPSA) is 29.1 Å². The molecule has 1 fully saturated rings. The molecule has 2 unspecified atom stereocenters. The Morgan fingerprint density at radius 3 is 2.50 bits per heavy atom. The van der Waals surface area contributed by atoms with Crippen LogP contribution in [0.5, 0.6) is 0 Å². The average Bonchev–Trinajstić information content (AvgIpc) is 2.67. The monoisotopic (exact) mass is 223 g/mol. The highest BCUT2D eigenvalue weighted by Crippen LogP contribution is 2.59. The fourth-order valence-electron chi connectivity index (χ4n) is 2.35. The first-order valence-corrected chi connectivity index (χ1v) is 6.34. The summed E-state index contributed by atoms with van der Waals surface area (Å²) in [5.74, 6) is 0.847. The number of carbonyl (C=O) groups excluding carboxylic acids is 1. The molecule has 1 aliphatic carbocycles. The molecule has 0 saturated heterocycles. The van der Waals surface area contributed by atoms with E-state index in [1.54, 1.807) is 0 Å². The van der Waals surface area contributed by atoms with Gasteiger partial charge in [0, 0.05) is 6.54 Å². The molecular weight excluding hydrogens is 198 g/mol. The third-order valence-electron chi connectivity index (χ3n) is 3.54. The molecule has 1 aliphatic rings. The van der Waals surface area contributed by atoms with Crippen LogP contribution >= 0.6 is 0 Å². The number of nitrogens with one attached hydrogen (secondary N) is 1. The summed E-state index contributed by atoms with van der Waals surface area (Å²) in [5.41, 5.74) is 1.45. The number of hydrogen-bond donors (Lipinski definition) is 1. The molecule has 2 atom stereocenters. The molecule has 0 aromatic rings. The summed E-state index contributed by atoms with van der Waals surface area (Å²) in [6.45, 7) is 11.5. The van der Waals surface area contributed by atoms with Crippen molar-refractivity contribution >= 4 is 5.91 Å². The highest BCUT2D eigenvalue weighted by molar-refractivity contribution is 5.83. The summed E-state index contributed by atoms with van der Waals surface area (Å²) in [4.78, 5) is 11.9. The van der Waals surface area contributed by atoms with E-state index in [4.69, 9.17) is 0 Å². The van der Waals surface area contributed by atoms with Gasteiger partial charge >= 0.3 is 0 Å². The third-order valence-corrected chi connectivity index (χ3v) is 3.54. The number of rotatable bonds is 5. The van der Waals surface area contributed by atoms with Gasteiger partial charge in [0.25, 0.3) is 0 Å². The lowest BCUT2D eigenvalue weighted by molar-refractivity contribution is -0.123. The Kier molecular flexibility index (Phi) is 4.17. The summed E-state index contributed by atoms with van der Waals surface area (Å²) < 4.78 is 0. The predicted octanol–water partition coefficient (Wildman–Crippen LogP) is 3.14. The van der Waals surface area contributed by atoms with Crippen molar-refractivity contribution in [3.63, 3.8) is 0 Å². The molecule has 1 rings (SSSR count). The van der Waals surface area contributed by atoms with Gasteiger partial charge in [-0.3, -0.25) is 4.79 Å². The molecule has 0 aromatic heterocycles. The molecule has 1 saturated carbocycles. The van der Waals surface area contributed by atoms with E-state index in [1.165, 1.54) is 5.57 Å². The van der Waals surface area contributed by atoms with Gasteiger partial charge in [0.1, 0.15) is 0 Å². The Morgan fingerprint density at radius 1 is 1.38 bits per heavy atom. The van der Waals surface area contributed by atoms with Crippen LogP contribution in [-0.2, 0) is 4.79 Å². The van der Waals surface area contributed by atoms with Crippen LogP contribution in [0.25, 0.3) is 0 Å². The molecule has 0 heterocycles. The molecule has 1 N–H and O–H groups in total. The fraction of sp³-hybridized carbons (Fsp3) is 0.786. The van der Waals surface area contributed by atoms with E-state index in [-0.39, 0.29) is 17.2 Å². The van der Waals surface area contributed by atoms with Gasteiger partial charge in [-0.2, -0.15) is 0 Å². The van der Waals surface area contributed by atoms with E-state index in [9.17, 15) is 4.79 Å². The van der Waals surface area contributed by atoms with Gasteiger partial charge in [-0.05, 0) is 31.6 Å². The Balaban J connectivity index is 2.49. The van der Waals surface area contributed by atoms with Crippen LogP contribution in [0.3, 0.4) is 0 Å². The standard InChI is InChI=1S/C14H25NO/c1-6-7-8-15-13(16)12-11(9-10(2)3)14(12,4)5/h9,11-12H,6-8H2,1-5H3,(H,15,16). The van der Waals surface area contributed by atoms with Crippen molar-refractivity contribution in [2.75, 3.05) is 6.54 Å². The second-order valence-electron chi connectivity index (χ2n) is 5.71. The number of amides is 1. The lowest BCUT2D eigenvalue weighted by Crippen LogP contribution is -2.27. The highest BCUT2D eigenvalue weighted by atomic mass is 16.2. The predicted molar refractivity (Wildman–Crippen MR) is 68.1 cm³/mol. The van der Waals surface area contributed by atoms with Crippen LogP contribution in [-0.4, -0.2) is 12.5 Å². The molecule has 0 spiro atoms. The van der Waals surface area contributed by atoms with Gasteiger partial charge in [-0.15, -0.1) is 0 Å². The van der Waals surface area contributed by atoms with Crippen molar-refractivity contribution in [2.24, 2.45) is 17.3 Å². The highest BCUT2D eigenvalue weighted by Gasteiger charge is 2.60. The second kappa shape index (κ2) is 5.03. The Hall–Kier alpha value is -0.790. The summed E-state index contributed by atoms with van der Waals surface area (Å²) in [7, 11) is 0. The molecular formula is C14H25NO. The smallest absolute Gasteiger partial charge is 0.224 e. The molecule has 0 bridgehead atoms. The molecule has 0 radical (unpaired) electrons. The van der Waals surface area contributed by atoms with Crippen molar-refractivity contribution in [2.45, 2.75) is 47.5 Å². The third kappa shape index (κ3) is 2.87. The fourth-order valence-corrected chi connectivity index (χ4v) is 2.35. The van der Waals surface area contributed by atoms with Gasteiger partial charge in [0.2, 0.25) is 5.91 Å². The summed E-state index contributed by atoms with van der Waals surface area (Å²) >= 11 is 0. The van der Waals surface area contributed by atoms with Crippen LogP contribution < -0.4 is 5.32 Å². The van der Waals surface area contributed by atoms with Crippen LogP contribution in [0.15, 0.2) is 11.6 Å². The minimum absolute atomic E-state index is 0.146. The van der Waals surface area contributed by atoms with Crippen LogP contribution in [0.1, 0.15) is 47.5 Å². The molecule has 92 valence electrons. The van der Waals surface area contributed by atoms with Crippen molar-refractivity contribution in [3.8, 4) is 0 Å². The molecule has 16 heavy (non-hydrogen) atoms. The Labute approximate surface area is 99.5 Å². The minimum Gasteiger partial charge on any atom is -0.356 e. The largest absolute Gasteiger partial charge is 0.356 e. The quantitative estimate of drug-likeness (QED) is 0.563. The molecule has 0 aromatic carbocycles. The first kappa shape index (κ1) is 13.3. The van der Waals surface area contributed by atoms with Gasteiger partial charge in [-0.25, -0.2) is 0 Å². The van der Waals surface area contributed by atoms with Crippen LogP contribution in [0.4, 0.5) is 0 Å². The zero-order valence-electron chi connectivity index (χ0n) is 11.3. The molecule has 0 aliphatic heterocycles. The SMILES string of the molecule is CCCCNC(=O)C1C(C=C(C)C)C1(C)C. The number of unbranched alkanes of at least 4 members (excludes halogenated alkanes) is 1. The van der Waals surface area contributed by atoms with Crippen molar-refractivity contribution in [3.05, 3.63) is 11.6 Å².